The van der Waals surface area contributed by atoms with E-state index in [1.54, 1.807) is 18.2 Å². The molecule has 1 heterocycles. The highest BCUT2D eigenvalue weighted by Gasteiger charge is 2.28. The molecule has 1 aromatic rings. The second-order valence-corrected chi connectivity index (χ2v) is 9.51. The average Bonchev–Trinajstić information content (AvgIpc) is 2.38. The summed E-state index contributed by atoms with van der Waals surface area (Å²) in [6.45, 7) is 0.671. The van der Waals surface area contributed by atoms with Crippen LogP contribution in [0.4, 0.5) is 0 Å². The standard InChI is InChI=1S/C12H17BrN2O4S2/c1-20(16,17)15-8-6-10(7-9-15)14-21(18,19)12-5-3-2-4-11(12)13/h2-5,10,14H,6-9H2,1H3. The van der Waals surface area contributed by atoms with Crippen molar-refractivity contribution in [3.63, 3.8) is 0 Å². The molecular weight excluding hydrogens is 380 g/mol. The van der Waals surface area contributed by atoms with Gasteiger partial charge in [-0.15, -0.1) is 0 Å². The van der Waals surface area contributed by atoms with E-state index in [1.807, 2.05) is 0 Å². The van der Waals surface area contributed by atoms with E-state index in [-0.39, 0.29) is 10.9 Å². The molecule has 1 aliphatic heterocycles. The van der Waals surface area contributed by atoms with Gasteiger partial charge in [-0.1, -0.05) is 12.1 Å². The molecular formula is C12H17BrN2O4S2. The van der Waals surface area contributed by atoms with Crippen molar-refractivity contribution in [3.8, 4) is 0 Å². The number of hydrogen-bond acceptors (Lipinski definition) is 4. The van der Waals surface area contributed by atoms with Crippen molar-refractivity contribution < 1.29 is 16.8 Å². The Morgan fingerprint density at radius 2 is 1.71 bits per heavy atom. The van der Waals surface area contributed by atoms with Gasteiger partial charge in [-0.2, -0.15) is 0 Å². The van der Waals surface area contributed by atoms with Crippen LogP contribution in [-0.4, -0.2) is 46.5 Å². The zero-order valence-corrected chi connectivity index (χ0v) is 14.7. The summed E-state index contributed by atoms with van der Waals surface area (Å²) in [5.41, 5.74) is 0. The summed E-state index contributed by atoms with van der Waals surface area (Å²) in [6, 6.07) is 6.35. The van der Waals surface area contributed by atoms with Crippen LogP contribution >= 0.6 is 15.9 Å². The molecule has 1 aliphatic rings. The van der Waals surface area contributed by atoms with E-state index in [1.165, 1.54) is 16.6 Å². The quantitative estimate of drug-likeness (QED) is 0.826. The van der Waals surface area contributed by atoms with Crippen molar-refractivity contribution in [2.45, 2.75) is 23.8 Å². The van der Waals surface area contributed by atoms with Crippen molar-refractivity contribution in [3.05, 3.63) is 28.7 Å². The Labute approximate surface area is 133 Å². The van der Waals surface area contributed by atoms with Gasteiger partial charge < -0.3 is 0 Å². The highest BCUT2D eigenvalue weighted by atomic mass is 79.9. The van der Waals surface area contributed by atoms with Gasteiger partial charge in [-0.3, -0.25) is 0 Å². The Morgan fingerprint density at radius 1 is 1.14 bits per heavy atom. The lowest BCUT2D eigenvalue weighted by atomic mass is 10.1. The predicted molar refractivity (Wildman–Crippen MR) is 83.9 cm³/mol. The lowest BCUT2D eigenvalue weighted by Gasteiger charge is -2.30. The first kappa shape index (κ1) is 16.9. The van der Waals surface area contributed by atoms with Crippen molar-refractivity contribution in [1.29, 1.82) is 0 Å². The third-order valence-electron chi connectivity index (χ3n) is 3.37. The van der Waals surface area contributed by atoms with E-state index in [2.05, 4.69) is 20.7 Å². The van der Waals surface area contributed by atoms with Crippen molar-refractivity contribution in [2.75, 3.05) is 19.3 Å². The molecule has 0 spiro atoms. The average molecular weight is 397 g/mol. The molecule has 0 saturated carbocycles. The van der Waals surface area contributed by atoms with Gasteiger partial charge in [0.1, 0.15) is 0 Å². The van der Waals surface area contributed by atoms with Gasteiger partial charge in [0.25, 0.3) is 0 Å². The third kappa shape index (κ3) is 4.26. The van der Waals surface area contributed by atoms with Gasteiger partial charge in [0, 0.05) is 23.6 Å². The lowest BCUT2D eigenvalue weighted by molar-refractivity contribution is 0.310. The summed E-state index contributed by atoms with van der Waals surface area (Å²) in [5, 5.41) is 0. The largest absolute Gasteiger partial charge is 0.241 e. The summed E-state index contributed by atoms with van der Waals surface area (Å²) in [5.74, 6) is 0. The van der Waals surface area contributed by atoms with E-state index in [0.717, 1.165) is 0 Å². The highest BCUT2D eigenvalue weighted by molar-refractivity contribution is 9.10. The minimum Gasteiger partial charge on any atom is -0.213 e. The molecule has 118 valence electrons. The van der Waals surface area contributed by atoms with Crippen molar-refractivity contribution in [2.24, 2.45) is 0 Å². The minimum atomic E-state index is -3.61. The SMILES string of the molecule is CS(=O)(=O)N1CCC(NS(=O)(=O)c2ccccc2Br)CC1. The molecule has 0 unspecified atom stereocenters. The fourth-order valence-electron chi connectivity index (χ4n) is 2.25. The topological polar surface area (TPSA) is 83.6 Å². The van der Waals surface area contributed by atoms with Crippen LogP contribution in [0.15, 0.2) is 33.6 Å². The van der Waals surface area contributed by atoms with Gasteiger partial charge in [-0.05, 0) is 40.9 Å². The fourth-order valence-corrected chi connectivity index (χ4v) is 5.43. The maximum atomic E-state index is 12.3. The van der Waals surface area contributed by atoms with Crippen LogP contribution < -0.4 is 4.72 Å². The predicted octanol–water partition coefficient (Wildman–Crippen LogP) is 1.15. The van der Waals surface area contributed by atoms with Crippen molar-refractivity contribution >= 4 is 36.0 Å². The number of nitrogens with one attached hydrogen (secondary N) is 1. The first-order valence-electron chi connectivity index (χ1n) is 6.42. The molecule has 0 bridgehead atoms. The normalized spacial score (nSPS) is 18.8. The van der Waals surface area contributed by atoms with Crippen LogP contribution in [-0.2, 0) is 20.0 Å². The van der Waals surface area contributed by atoms with Crippen LogP contribution in [0.1, 0.15) is 12.8 Å². The first-order valence-corrected chi connectivity index (χ1v) is 10.5. The molecule has 0 atom stereocenters. The summed E-state index contributed by atoms with van der Waals surface area (Å²) < 4.78 is 52.0. The van der Waals surface area contributed by atoms with Gasteiger partial charge in [-0.25, -0.2) is 25.9 Å². The lowest BCUT2D eigenvalue weighted by Crippen LogP contribution is -2.46. The van der Waals surface area contributed by atoms with Crippen LogP contribution in [0.3, 0.4) is 0 Å². The number of piperidine rings is 1. The molecule has 0 aliphatic carbocycles. The number of nitrogens with zero attached hydrogens (tertiary/aromatic N) is 1. The molecule has 1 aromatic carbocycles. The maximum absolute atomic E-state index is 12.3. The molecule has 9 heteroatoms. The highest BCUT2D eigenvalue weighted by Crippen LogP contribution is 2.22. The number of benzene rings is 1. The number of halogens is 1. The first-order chi connectivity index (χ1) is 9.70. The van der Waals surface area contributed by atoms with Crippen LogP contribution in [0, 0.1) is 0 Å². The van der Waals surface area contributed by atoms with E-state index in [0.29, 0.717) is 30.4 Å². The summed E-state index contributed by atoms with van der Waals surface area (Å²) in [4.78, 5) is 0.190. The Balaban J connectivity index is 2.05. The monoisotopic (exact) mass is 396 g/mol. The van der Waals surface area contributed by atoms with Crippen LogP contribution in [0.2, 0.25) is 0 Å². The molecule has 1 fully saturated rings. The molecule has 0 amide bonds. The molecule has 1 N–H and O–H groups in total. The number of rotatable bonds is 4. The van der Waals surface area contributed by atoms with Crippen LogP contribution in [0.5, 0.6) is 0 Å². The minimum absolute atomic E-state index is 0.190. The second-order valence-electron chi connectivity index (χ2n) is 4.99. The fraction of sp³-hybridized carbons (Fsp3) is 0.500. The molecule has 0 aromatic heterocycles. The van der Waals surface area contributed by atoms with E-state index >= 15 is 0 Å². The number of hydrogen-bond donors (Lipinski definition) is 1. The number of sulfonamides is 2. The summed E-state index contributed by atoms with van der Waals surface area (Å²) in [7, 11) is -6.81. The van der Waals surface area contributed by atoms with E-state index in [9.17, 15) is 16.8 Å². The smallest absolute Gasteiger partial charge is 0.213 e. The van der Waals surface area contributed by atoms with Crippen molar-refractivity contribution in [1.82, 2.24) is 9.03 Å². The summed E-state index contributed by atoms with van der Waals surface area (Å²) >= 11 is 3.23. The third-order valence-corrected chi connectivity index (χ3v) is 7.21. The van der Waals surface area contributed by atoms with Crippen LogP contribution in [0.25, 0.3) is 0 Å². The van der Waals surface area contributed by atoms with Gasteiger partial charge >= 0.3 is 0 Å². The Hall–Kier alpha value is -0.480. The second kappa shape index (κ2) is 6.33. The molecule has 6 nitrogen and oxygen atoms in total. The Morgan fingerprint density at radius 3 is 2.24 bits per heavy atom. The molecule has 1 saturated heterocycles. The van der Waals surface area contributed by atoms with E-state index < -0.39 is 20.0 Å². The van der Waals surface area contributed by atoms with Gasteiger partial charge in [0.2, 0.25) is 20.0 Å². The maximum Gasteiger partial charge on any atom is 0.241 e. The molecule has 2 rings (SSSR count). The molecule has 21 heavy (non-hydrogen) atoms. The molecule has 0 radical (unpaired) electrons. The van der Waals surface area contributed by atoms with Gasteiger partial charge in [0.05, 0.1) is 11.2 Å². The van der Waals surface area contributed by atoms with E-state index in [4.69, 9.17) is 0 Å². The zero-order chi connectivity index (χ0) is 15.7. The summed E-state index contributed by atoms with van der Waals surface area (Å²) in [6.07, 6.45) is 2.10. The zero-order valence-electron chi connectivity index (χ0n) is 11.5. The Bertz CT molecular complexity index is 711. The Kier molecular flexibility index (Phi) is 5.09. The van der Waals surface area contributed by atoms with Gasteiger partial charge in [0.15, 0.2) is 0 Å².